The molecule has 0 saturated heterocycles. The van der Waals surface area contributed by atoms with Gasteiger partial charge in [-0.3, -0.25) is 13.8 Å². The van der Waals surface area contributed by atoms with Gasteiger partial charge in [-0.2, -0.15) is 0 Å². The van der Waals surface area contributed by atoms with Crippen molar-refractivity contribution in [3.05, 3.63) is 30.3 Å². The Morgan fingerprint density at radius 3 is 2.50 bits per heavy atom. The third kappa shape index (κ3) is 4.16. The Balaban J connectivity index is 1.87. The van der Waals surface area contributed by atoms with Gasteiger partial charge in [0, 0.05) is 16.6 Å². The Hall–Kier alpha value is -1.69. The first-order chi connectivity index (χ1) is 9.58. The molecule has 108 valence electrons. The molecule has 0 spiro atoms. The number of benzene rings is 1. The van der Waals surface area contributed by atoms with E-state index < -0.39 is 22.7 Å². The van der Waals surface area contributed by atoms with Gasteiger partial charge in [-0.05, 0) is 31.4 Å². The minimum absolute atomic E-state index is 0.0245. The van der Waals surface area contributed by atoms with E-state index in [0.29, 0.717) is 10.6 Å². The molecular formula is C14H18N2O3S. The lowest BCUT2D eigenvalue weighted by atomic mass is 10.2. The maximum Gasteiger partial charge on any atom is 0.240 e. The van der Waals surface area contributed by atoms with E-state index in [-0.39, 0.29) is 18.2 Å². The number of nitrogens with two attached hydrogens (primary N) is 1. The molecule has 20 heavy (non-hydrogen) atoms. The topological polar surface area (TPSA) is 89.3 Å². The SMILES string of the molecule is NC(=O)[C@H](CC[S@](=O)c1ccccc1)NC(=O)C1CC1. The molecule has 1 aromatic carbocycles. The number of carbonyl (C=O) groups excluding carboxylic acids is 2. The number of primary amides is 1. The Morgan fingerprint density at radius 1 is 1.30 bits per heavy atom. The predicted molar refractivity (Wildman–Crippen MR) is 76.2 cm³/mol. The highest BCUT2D eigenvalue weighted by Crippen LogP contribution is 2.28. The second kappa shape index (κ2) is 6.65. The summed E-state index contributed by atoms with van der Waals surface area (Å²) in [7, 11) is -1.19. The molecule has 1 fully saturated rings. The van der Waals surface area contributed by atoms with Crippen molar-refractivity contribution in [3.8, 4) is 0 Å². The lowest BCUT2D eigenvalue weighted by molar-refractivity contribution is -0.128. The molecule has 2 atom stereocenters. The first kappa shape index (κ1) is 14.7. The minimum Gasteiger partial charge on any atom is -0.368 e. The monoisotopic (exact) mass is 294 g/mol. The minimum atomic E-state index is -1.19. The summed E-state index contributed by atoms with van der Waals surface area (Å²) in [5.41, 5.74) is 5.28. The molecule has 0 bridgehead atoms. The van der Waals surface area contributed by atoms with Crippen molar-refractivity contribution in [2.24, 2.45) is 11.7 Å². The number of hydrogen-bond donors (Lipinski definition) is 2. The van der Waals surface area contributed by atoms with Gasteiger partial charge in [-0.1, -0.05) is 18.2 Å². The van der Waals surface area contributed by atoms with Crippen LogP contribution in [0.4, 0.5) is 0 Å². The molecule has 1 aliphatic carbocycles. The summed E-state index contributed by atoms with van der Waals surface area (Å²) in [6, 6.07) is 8.29. The fraction of sp³-hybridized carbons (Fsp3) is 0.429. The number of hydrogen-bond acceptors (Lipinski definition) is 3. The number of nitrogens with one attached hydrogen (secondary N) is 1. The molecule has 1 aliphatic rings. The maximum atomic E-state index is 12.1. The number of amides is 2. The Labute approximate surface area is 120 Å². The molecule has 0 heterocycles. The molecule has 1 saturated carbocycles. The van der Waals surface area contributed by atoms with Crippen LogP contribution in [0.1, 0.15) is 19.3 Å². The summed E-state index contributed by atoms with van der Waals surface area (Å²) in [6.07, 6.45) is 2.02. The van der Waals surface area contributed by atoms with Gasteiger partial charge in [0.15, 0.2) is 0 Å². The van der Waals surface area contributed by atoms with E-state index in [4.69, 9.17) is 5.73 Å². The molecule has 5 nitrogen and oxygen atoms in total. The molecule has 0 aliphatic heterocycles. The van der Waals surface area contributed by atoms with Crippen molar-refractivity contribution in [1.29, 1.82) is 0 Å². The van der Waals surface area contributed by atoms with Crippen LogP contribution < -0.4 is 11.1 Å². The fourth-order valence-corrected chi connectivity index (χ4v) is 2.98. The van der Waals surface area contributed by atoms with Gasteiger partial charge >= 0.3 is 0 Å². The Kier molecular flexibility index (Phi) is 4.89. The van der Waals surface area contributed by atoms with Crippen LogP contribution in [0.3, 0.4) is 0 Å². The van der Waals surface area contributed by atoms with Crippen LogP contribution in [-0.4, -0.2) is 27.8 Å². The molecule has 0 radical (unpaired) electrons. The second-order valence-corrected chi connectivity index (χ2v) is 6.46. The summed E-state index contributed by atoms with van der Waals surface area (Å²) in [5.74, 6) is -0.387. The molecule has 3 N–H and O–H groups in total. The molecule has 0 unspecified atom stereocenters. The largest absolute Gasteiger partial charge is 0.368 e. The van der Waals surface area contributed by atoms with E-state index in [1.54, 1.807) is 12.1 Å². The van der Waals surface area contributed by atoms with Crippen LogP contribution in [0.25, 0.3) is 0 Å². The molecule has 2 rings (SSSR count). The van der Waals surface area contributed by atoms with Gasteiger partial charge in [-0.25, -0.2) is 0 Å². The van der Waals surface area contributed by atoms with Crippen molar-refractivity contribution in [3.63, 3.8) is 0 Å². The quantitative estimate of drug-likeness (QED) is 0.770. The van der Waals surface area contributed by atoms with E-state index in [2.05, 4.69) is 5.32 Å². The maximum absolute atomic E-state index is 12.1. The summed E-state index contributed by atoms with van der Waals surface area (Å²) < 4.78 is 12.1. The molecule has 1 aromatic rings. The summed E-state index contributed by atoms with van der Waals surface area (Å²) in [6.45, 7) is 0. The van der Waals surface area contributed by atoms with Crippen LogP contribution >= 0.6 is 0 Å². The summed E-state index contributed by atoms with van der Waals surface area (Å²) in [5, 5.41) is 2.64. The van der Waals surface area contributed by atoms with E-state index in [1.165, 1.54) is 0 Å². The zero-order valence-corrected chi connectivity index (χ0v) is 11.9. The molecule has 2 amide bonds. The second-order valence-electron chi connectivity index (χ2n) is 4.89. The van der Waals surface area contributed by atoms with Crippen LogP contribution in [0.15, 0.2) is 35.2 Å². The van der Waals surface area contributed by atoms with E-state index in [9.17, 15) is 13.8 Å². The van der Waals surface area contributed by atoms with Crippen LogP contribution in [0, 0.1) is 5.92 Å². The highest BCUT2D eigenvalue weighted by molar-refractivity contribution is 7.85. The molecular weight excluding hydrogens is 276 g/mol. The van der Waals surface area contributed by atoms with Gasteiger partial charge in [-0.15, -0.1) is 0 Å². The Bertz CT molecular complexity index is 514. The van der Waals surface area contributed by atoms with E-state index in [1.807, 2.05) is 18.2 Å². The van der Waals surface area contributed by atoms with Crippen molar-refractivity contribution < 1.29 is 13.8 Å². The first-order valence-electron chi connectivity index (χ1n) is 6.61. The van der Waals surface area contributed by atoms with Gasteiger partial charge in [0.25, 0.3) is 0 Å². The van der Waals surface area contributed by atoms with Crippen molar-refractivity contribution in [2.45, 2.75) is 30.2 Å². The zero-order chi connectivity index (χ0) is 14.5. The van der Waals surface area contributed by atoms with Gasteiger partial charge in [0.2, 0.25) is 11.8 Å². The average Bonchev–Trinajstić information content (AvgIpc) is 3.28. The highest BCUT2D eigenvalue weighted by atomic mass is 32.2. The third-order valence-corrected chi connectivity index (χ3v) is 4.61. The van der Waals surface area contributed by atoms with Crippen LogP contribution in [0.5, 0.6) is 0 Å². The predicted octanol–water partition coefficient (Wildman–Crippen LogP) is 0.564. The molecule has 6 heteroatoms. The van der Waals surface area contributed by atoms with Crippen LogP contribution in [0.2, 0.25) is 0 Å². The highest BCUT2D eigenvalue weighted by Gasteiger charge is 2.32. The molecule has 0 aromatic heterocycles. The first-order valence-corrected chi connectivity index (χ1v) is 7.93. The zero-order valence-electron chi connectivity index (χ0n) is 11.1. The lowest BCUT2D eigenvalue weighted by Crippen LogP contribution is -2.45. The normalized spacial score (nSPS) is 17.2. The lowest BCUT2D eigenvalue weighted by Gasteiger charge is -2.15. The van der Waals surface area contributed by atoms with E-state index in [0.717, 1.165) is 12.8 Å². The van der Waals surface area contributed by atoms with Crippen LogP contribution in [-0.2, 0) is 20.4 Å². The number of rotatable bonds is 7. The summed E-state index contributed by atoms with van der Waals surface area (Å²) in [4.78, 5) is 23.7. The van der Waals surface area contributed by atoms with Gasteiger partial charge in [0.05, 0.1) is 10.8 Å². The van der Waals surface area contributed by atoms with Crippen molar-refractivity contribution in [1.82, 2.24) is 5.32 Å². The van der Waals surface area contributed by atoms with Crippen molar-refractivity contribution >= 4 is 22.6 Å². The van der Waals surface area contributed by atoms with Crippen molar-refractivity contribution in [2.75, 3.05) is 5.75 Å². The summed E-state index contributed by atoms with van der Waals surface area (Å²) >= 11 is 0. The third-order valence-electron chi connectivity index (χ3n) is 3.21. The Morgan fingerprint density at radius 2 is 1.95 bits per heavy atom. The average molecular weight is 294 g/mol. The van der Waals surface area contributed by atoms with Gasteiger partial charge in [0.1, 0.15) is 6.04 Å². The number of carbonyl (C=O) groups is 2. The fourth-order valence-electron chi connectivity index (χ4n) is 1.84. The smallest absolute Gasteiger partial charge is 0.240 e. The van der Waals surface area contributed by atoms with Gasteiger partial charge < -0.3 is 11.1 Å². The standard InChI is InChI=1S/C14H18N2O3S/c15-13(17)12(16-14(18)10-6-7-10)8-9-20(19)11-4-2-1-3-5-11/h1-5,10,12H,6-9H2,(H2,15,17)(H,16,18)/t12-,20-/m0/s1. The van der Waals surface area contributed by atoms with E-state index >= 15 is 0 Å².